The van der Waals surface area contributed by atoms with Crippen LogP contribution in [0, 0.1) is 11.3 Å². The van der Waals surface area contributed by atoms with Crippen LogP contribution in [0.2, 0.25) is 0 Å². The highest BCUT2D eigenvalue weighted by atomic mass is 32.1. The molecule has 8 nitrogen and oxygen atoms in total. The topological polar surface area (TPSA) is 96.2 Å². The molecule has 0 aromatic carbocycles. The van der Waals surface area contributed by atoms with Gasteiger partial charge in [-0.3, -0.25) is 0 Å². The smallest absolute Gasteiger partial charge is 0.242 e. The minimum atomic E-state index is 0.0171. The van der Waals surface area contributed by atoms with Gasteiger partial charge in [0.15, 0.2) is 6.26 Å². The summed E-state index contributed by atoms with van der Waals surface area (Å²) in [6.45, 7) is 0.558. The maximum absolute atomic E-state index is 9.39. The lowest BCUT2D eigenvalue weighted by molar-refractivity contribution is 0.250. The molecule has 0 radical (unpaired) electrons. The Balaban J connectivity index is 1.69. The lowest BCUT2D eigenvalue weighted by atomic mass is 10.1. The zero-order chi connectivity index (χ0) is 19.2. The van der Waals surface area contributed by atoms with E-state index in [0.717, 1.165) is 23.4 Å². The van der Waals surface area contributed by atoms with Crippen LogP contribution < -0.4 is 10.2 Å². The molecule has 0 atom stereocenters. The first-order valence-electron chi connectivity index (χ1n) is 8.59. The molecule has 0 fully saturated rings. The number of aromatic nitrogens is 3. The van der Waals surface area contributed by atoms with Gasteiger partial charge in [-0.25, -0.2) is 4.90 Å². The zero-order valence-corrected chi connectivity index (χ0v) is 15.6. The van der Waals surface area contributed by atoms with Gasteiger partial charge >= 0.3 is 0 Å². The summed E-state index contributed by atoms with van der Waals surface area (Å²) in [5, 5.41) is 14.5. The van der Waals surface area contributed by atoms with Crippen molar-refractivity contribution in [1.82, 2.24) is 15.0 Å². The van der Waals surface area contributed by atoms with Gasteiger partial charge in [-0.2, -0.15) is 20.2 Å². The van der Waals surface area contributed by atoms with Crippen LogP contribution in [0.5, 0.6) is 0 Å². The van der Waals surface area contributed by atoms with E-state index in [-0.39, 0.29) is 11.8 Å². The van der Waals surface area contributed by atoms with E-state index in [1.807, 2.05) is 35.7 Å². The number of hydrogen-bond donors (Lipinski definition) is 1. The van der Waals surface area contributed by atoms with Gasteiger partial charge in [0.1, 0.15) is 18.6 Å². The Morgan fingerprint density at radius 2 is 2.25 bits per heavy atom. The Kier molecular flexibility index (Phi) is 5.31. The summed E-state index contributed by atoms with van der Waals surface area (Å²) in [6, 6.07) is 5.99. The van der Waals surface area contributed by atoms with Crippen LogP contribution in [0.4, 0.5) is 11.9 Å². The predicted octanol–water partition coefficient (Wildman–Crippen LogP) is 3.77. The summed E-state index contributed by atoms with van der Waals surface area (Å²) in [5.74, 6) is 1.03. The van der Waals surface area contributed by atoms with Crippen LogP contribution in [0.25, 0.3) is 0 Å². The fourth-order valence-electron chi connectivity index (χ4n) is 2.68. The predicted molar refractivity (Wildman–Crippen MR) is 105 cm³/mol. The van der Waals surface area contributed by atoms with Crippen molar-refractivity contribution in [2.75, 3.05) is 10.2 Å². The largest absolute Gasteiger partial charge is 0.464 e. The molecule has 4 rings (SSSR count). The van der Waals surface area contributed by atoms with Crippen molar-refractivity contribution in [3.8, 4) is 6.07 Å². The van der Waals surface area contributed by atoms with Crippen molar-refractivity contribution in [2.24, 2.45) is 0 Å². The van der Waals surface area contributed by atoms with Crippen LogP contribution in [0.1, 0.15) is 23.5 Å². The van der Waals surface area contributed by atoms with Crippen molar-refractivity contribution in [2.45, 2.75) is 19.4 Å². The molecular weight excluding hydrogens is 376 g/mol. The Bertz CT molecular complexity index is 1000. The van der Waals surface area contributed by atoms with E-state index in [1.54, 1.807) is 16.2 Å². The second-order valence-electron chi connectivity index (χ2n) is 5.77. The first kappa shape index (κ1) is 17.8. The standard InChI is InChI=1S/C19H16N6O2S/c20-11-16-22-18(21-12-15-7-4-10-28-15)24-19(23-16)25(14-5-2-1-3-6-14)17-13-26-8-9-27-17/h1-2,4-5,7-10,13H,3,6,12H2,(H,21,22,23,24). The average Bonchev–Trinajstić information content (AvgIpc) is 3.28. The normalized spacial score (nSPS) is 15.0. The summed E-state index contributed by atoms with van der Waals surface area (Å²) in [4.78, 5) is 15.8. The minimum absolute atomic E-state index is 0.0171. The van der Waals surface area contributed by atoms with Gasteiger partial charge < -0.3 is 14.8 Å². The number of nitrogens with one attached hydrogen (secondary N) is 1. The SMILES string of the molecule is N#Cc1nc(NCc2cccs2)nc(N(C2=CC=CCC2)C2=COC=CO2)n1. The first-order valence-corrected chi connectivity index (χ1v) is 9.47. The van der Waals surface area contributed by atoms with Gasteiger partial charge in [-0.1, -0.05) is 18.2 Å². The number of anilines is 2. The van der Waals surface area contributed by atoms with Crippen LogP contribution in [0.15, 0.2) is 66.1 Å². The summed E-state index contributed by atoms with van der Waals surface area (Å²) in [5.41, 5.74) is 0.923. The zero-order valence-electron chi connectivity index (χ0n) is 14.8. The monoisotopic (exact) mass is 392 g/mol. The van der Waals surface area contributed by atoms with Crippen molar-refractivity contribution < 1.29 is 9.47 Å². The Morgan fingerprint density at radius 1 is 1.29 bits per heavy atom. The third kappa shape index (κ3) is 4.02. The number of ether oxygens (including phenoxy) is 2. The van der Waals surface area contributed by atoms with Crippen molar-refractivity contribution >= 4 is 23.2 Å². The van der Waals surface area contributed by atoms with Gasteiger partial charge in [-0.05, 0) is 30.4 Å². The van der Waals surface area contributed by atoms with Crippen molar-refractivity contribution in [3.05, 3.63) is 76.8 Å². The molecule has 9 heteroatoms. The molecule has 0 bridgehead atoms. The maximum Gasteiger partial charge on any atom is 0.242 e. The molecule has 2 aliphatic rings. The lowest BCUT2D eigenvalue weighted by Gasteiger charge is -2.28. The molecule has 3 heterocycles. The molecule has 0 saturated carbocycles. The molecule has 140 valence electrons. The molecule has 1 N–H and O–H groups in total. The third-order valence-corrected chi connectivity index (χ3v) is 4.79. The van der Waals surface area contributed by atoms with Crippen molar-refractivity contribution in [3.63, 3.8) is 0 Å². The van der Waals surface area contributed by atoms with E-state index in [2.05, 4.69) is 26.3 Å². The number of thiophene rings is 1. The number of allylic oxidation sites excluding steroid dienone is 4. The Morgan fingerprint density at radius 3 is 2.96 bits per heavy atom. The van der Waals surface area contributed by atoms with E-state index < -0.39 is 0 Å². The van der Waals surface area contributed by atoms with Gasteiger partial charge in [-0.15, -0.1) is 11.3 Å². The number of nitriles is 1. The molecular formula is C19H16N6O2S. The number of nitrogens with zero attached hydrogens (tertiary/aromatic N) is 5. The van der Waals surface area contributed by atoms with E-state index in [0.29, 0.717) is 18.4 Å². The Labute approximate surface area is 165 Å². The molecule has 2 aromatic heterocycles. The fourth-order valence-corrected chi connectivity index (χ4v) is 3.32. The van der Waals surface area contributed by atoms with Gasteiger partial charge in [0.25, 0.3) is 0 Å². The molecule has 0 unspecified atom stereocenters. The lowest BCUT2D eigenvalue weighted by Crippen LogP contribution is -2.27. The molecule has 1 aliphatic heterocycles. The summed E-state index contributed by atoms with van der Waals surface area (Å²) >= 11 is 1.63. The third-order valence-electron chi connectivity index (χ3n) is 3.92. The molecule has 1 aliphatic carbocycles. The minimum Gasteiger partial charge on any atom is -0.464 e. The molecule has 2 aromatic rings. The van der Waals surface area contributed by atoms with Crippen molar-refractivity contribution in [1.29, 1.82) is 5.26 Å². The molecule has 0 saturated heterocycles. The quantitative estimate of drug-likeness (QED) is 0.793. The number of rotatable bonds is 6. The highest BCUT2D eigenvalue weighted by molar-refractivity contribution is 7.09. The van der Waals surface area contributed by atoms with E-state index >= 15 is 0 Å². The first-order chi connectivity index (χ1) is 13.8. The van der Waals surface area contributed by atoms with Gasteiger partial charge in [0, 0.05) is 10.6 Å². The second kappa shape index (κ2) is 8.37. The number of hydrogen-bond acceptors (Lipinski definition) is 9. The van der Waals surface area contributed by atoms with Gasteiger partial charge in [0.05, 0.1) is 6.54 Å². The molecule has 0 spiro atoms. The van der Waals surface area contributed by atoms with E-state index in [4.69, 9.17) is 9.47 Å². The van der Waals surface area contributed by atoms with Crippen LogP contribution in [-0.4, -0.2) is 15.0 Å². The van der Waals surface area contributed by atoms with E-state index in [1.165, 1.54) is 18.8 Å². The Hall–Kier alpha value is -3.64. The summed E-state index contributed by atoms with van der Waals surface area (Å²) in [7, 11) is 0. The van der Waals surface area contributed by atoms with Crippen LogP contribution in [-0.2, 0) is 16.0 Å². The summed E-state index contributed by atoms with van der Waals surface area (Å²) in [6.07, 6.45) is 12.0. The van der Waals surface area contributed by atoms with Crippen LogP contribution >= 0.6 is 11.3 Å². The highest BCUT2D eigenvalue weighted by Crippen LogP contribution is 2.28. The van der Waals surface area contributed by atoms with Crippen LogP contribution in [0.3, 0.4) is 0 Å². The summed E-state index contributed by atoms with van der Waals surface area (Å²) < 4.78 is 10.8. The molecule has 28 heavy (non-hydrogen) atoms. The highest BCUT2D eigenvalue weighted by Gasteiger charge is 2.24. The fraction of sp³-hybridized carbons (Fsp3) is 0.158. The maximum atomic E-state index is 9.39. The van der Waals surface area contributed by atoms with Gasteiger partial charge in [0.2, 0.25) is 23.6 Å². The average molecular weight is 392 g/mol. The molecule has 0 amide bonds. The second-order valence-corrected chi connectivity index (χ2v) is 6.80. The van der Waals surface area contributed by atoms with E-state index in [9.17, 15) is 5.26 Å².